The number of carbonyl (C=O) groups excluding carboxylic acids is 2. The molecule has 0 aromatic heterocycles. The summed E-state index contributed by atoms with van der Waals surface area (Å²) in [4.78, 5) is 27.8. The fraction of sp³-hybridized carbons (Fsp3) is 0.231. The third kappa shape index (κ3) is 5.19. The van der Waals surface area contributed by atoms with Crippen LogP contribution in [0.2, 0.25) is 0 Å². The van der Waals surface area contributed by atoms with Crippen molar-refractivity contribution in [1.29, 1.82) is 0 Å². The van der Waals surface area contributed by atoms with Crippen LogP contribution in [0.3, 0.4) is 0 Å². The maximum atomic E-state index is 13.4. The number of hydrogen-bond donors (Lipinski definition) is 1. The van der Waals surface area contributed by atoms with Gasteiger partial charge in [0.25, 0.3) is 5.91 Å². The fourth-order valence-electron chi connectivity index (χ4n) is 4.18. The second-order valence-electron chi connectivity index (χ2n) is 8.10. The predicted octanol–water partition coefficient (Wildman–Crippen LogP) is 4.53. The lowest BCUT2D eigenvalue weighted by atomic mass is 9.83. The molecule has 3 aromatic carbocycles. The molecule has 1 saturated heterocycles. The van der Waals surface area contributed by atoms with Gasteiger partial charge in [0.15, 0.2) is 0 Å². The number of piperidine rings is 1. The molecule has 32 heavy (non-hydrogen) atoms. The van der Waals surface area contributed by atoms with E-state index in [0.29, 0.717) is 24.1 Å². The second-order valence-corrected chi connectivity index (χ2v) is 8.10. The molecule has 4 nitrogen and oxygen atoms in total. The van der Waals surface area contributed by atoms with E-state index in [4.69, 9.17) is 0 Å². The summed E-state index contributed by atoms with van der Waals surface area (Å²) in [5.74, 6) is -1.57. The molecule has 0 spiro atoms. The van der Waals surface area contributed by atoms with Gasteiger partial charge in [-0.05, 0) is 53.9 Å². The number of rotatable bonds is 5. The molecule has 1 heterocycles. The fourth-order valence-corrected chi connectivity index (χ4v) is 4.18. The monoisotopic (exact) mass is 434 g/mol. The van der Waals surface area contributed by atoms with Crippen LogP contribution < -0.4 is 5.32 Å². The van der Waals surface area contributed by atoms with Crippen LogP contribution in [-0.4, -0.2) is 29.8 Å². The van der Waals surface area contributed by atoms with Gasteiger partial charge in [-0.1, -0.05) is 42.5 Å². The molecule has 1 N–H and O–H groups in total. The summed E-state index contributed by atoms with van der Waals surface area (Å²) in [5.41, 5.74) is 2.12. The lowest BCUT2D eigenvalue weighted by Gasteiger charge is -2.37. The molecule has 6 heteroatoms. The molecule has 2 atom stereocenters. The average molecular weight is 434 g/mol. The van der Waals surface area contributed by atoms with Crippen LogP contribution in [0.4, 0.5) is 8.78 Å². The van der Waals surface area contributed by atoms with E-state index in [-0.39, 0.29) is 36.6 Å². The van der Waals surface area contributed by atoms with Crippen molar-refractivity contribution in [2.24, 2.45) is 5.92 Å². The topological polar surface area (TPSA) is 49.4 Å². The highest BCUT2D eigenvalue weighted by Crippen LogP contribution is 2.31. The van der Waals surface area contributed by atoms with E-state index in [1.807, 2.05) is 30.3 Å². The van der Waals surface area contributed by atoms with Crippen molar-refractivity contribution in [3.05, 3.63) is 107 Å². The Balaban J connectivity index is 1.51. The molecule has 2 unspecified atom stereocenters. The van der Waals surface area contributed by atoms with E-state index in [0.717, 1.165) is 5.56 Å². The van der Waals surface area contributed by atoms with E-state index in [2.05, 4.69) is 5.32 Å². The maximum absolute atomic E-state index is 13.4. The van der Waals surface area contributed by atoms with Crippen molar-refractivity contribution in [1.82, 2.24) is 10.2 Å². The first-order valence-electron chi connectivity index (χ1n) is 10.6. The van der Waals surface area contributed by atoms with Crippen molar-refractivity contribution in [2.75, 3.05) is 13.1 Å². The maximum Gasteiger partial charge on any atom is 0.253 e. The number of nitrogens with zero attached hydrogens (tertiary/aromatic N) is 1. The smallest absolute Gasteiger partial charge is 0.253 e. The summed E-state index contributed by atoms with van der Waals surface area (Å²) in [5, 5.41) is 2.88. The lowest BCUT2D eigenvalue weighted by molar-refractivity contribution is -0.126. The minimum atomic E-state index is -0.410. The Labute approximate surface area is 185 Å². The van der Waals surface area contributed by atoms with Crippen molar-refractivity contribution >= 4 is 11.8 Å². The van der Waals surface area contributed by atoms with Crippen LogP contribution in [0.25, 0.3) is 0 Å². The molecular formula is C26H24F2N2O2. The summed E-state index contributed by atoms with van der Waals surface area (Å²) in [7, 11) is 0. The van der Waals surface area contributed by atoms with Crippen molar-refractivity contribution < 1.29 is 18.4 Å². The second kappa shape index (κ2) is 9.73. The number of likely N-dealkylation sites (tertiary alicyclic amines) is 1. The number of halogens is 2. The molecule has 1 aliphatic rings. The van der Waals surface area contributed by atoms with Gasteiger partial charge in [0, 0.05) is 31.1 Å². The highest BCUT2D eigenvalue weighted by Gasteiger charge is 2.34. The zero-order chi connectivity index (χ0) is 22.5. The van der Waals surface area contributed by atoms with Gasteiger partial charge < -0.3 is 10.2 Å². The third-order valence-electron chi connectivity index (χ3n) is 5.83. The van der Waals surface area contributed by atoms with Crippen LogP contribution in [0.15, 0.2) is 78.9 Å². The first-order chi connectivity index (χ1) is 15.5. The molecular weight excluding hydrogens is 410 g/mol. The van der Waals surface area contributed by atoms with Crippen LogP contribution in [0.5, 0.6) is 0 Å². The minimum absolute atomic E-state index is 0.000678. The highest BCUT2D eigenvalue weighted by molar-refractivity contribution is 5.94. The van der Waals surface area contributed by atoms with Gasteiger partial charge in [-0.15, -0.1) is 0 Å². The molecule has 2 amide bonds. The van der Waals surface area contributed by atoms with Gasteiger partial charge in [0.2, 0.25) is 5.91 Å². The van der Waals surface area contributed by atoms with E-state index in [1.165, 1.54) is 36.4 Å². The van der Waals surface area contributed by atoms with Gasteiger partial charge in [-0.3, -0.25) is 9.59 Å². The number of amides is 2. The van der Waals surface area contributed by atoms with Crippen LogP contribution in [0, 0.1) is 17.6 Å². The standard InChI is InChI=1S/C26H24F2N2O2/c27-23-11-9-20(10-12-23)26(32)30-16-21(19-6-2-1-3-7-19)14-22(17-30)25(31)29-15-18-5-4-8-24(28)13-18/h1-13,21-22H,14-17H2,(H,29,31). The van der Waals surface area contributed by atoms with Gasteiger partial charge in [0.1, 0.15) is 11.6 Å². The van der Waals surface area contributed by atoms with Crippen LogP contribution in [-0.2, 0) is 11.3 Å². The highest BCUT2D eigenvalue weighted by atomic mass is 19.1. The van der Waals surface area contributed by atoms with Crippen LogP contribution >= 0.6 is 0 Å². The molecule has 1 fully saturated rings. The quantitative estimate of drug-likeness (QED) is 0.642. The van der Waals surface area contributed by atoms with Gasteiger partial charge >= 0.3 is 0 Å². The van der Waals surface area contributed by atoms with E-state index in [9.17, 15) is 18.4 Å². The summed E-state index contributed by atoms with van der Waals surface area (Å²) >= 11 is 0. The molecule has 3 aromatic rings. The third-order valence-corrected chi connectivity index (χ3v) is 5.83. The molecule has 0 bridgehead atoms. The van der Waals surface area contributed by atoms with Gasteiger partial charge in [-0.2, -0.15) is 0 Å². The number of carbonyl (C=O) groups is 2. The number of hydrogen-bond acceptors (Lipinski definition) is 2. The first kappa shape index (κ1) is 21.7. The number of benzene rings is 3. The lowest BCUT2D eigenvalue weighted by Crippen LogP contribution is -2.48. The SMILES string of the molecule is O=C(NCc1cccc(F)c1)C1CC(c2ccccc2)CN(C(=O)c2ccc(F)cc2)C1. The van der Waals surface area contributed by atoms with E-state index < -0.39 is 11.7 Å². The molecule has 0 saturated carbocycles. The average Bonchev–Trinajstić information content (AvgIpc) is 2.83. The van der Waals surface area contributed by atoms with Crippen molar-refractivity contribution in [3.8, 4) is 0 Å². The Bertz CT molecular complexity index is 1090. The van der Waals surface area contributed by atoms with Gasteiger partial charge in [-0.25, -0.2) is 8.78 Å². The van der Waals surface area contributed by atoms with Gasteiger partial charge in [0.05, 0.1) is 5.92 Å². The Morgan fingerprint density at radius 2 is 1.62 bits per heavy atom. The number of nitrogens with one attached hydrogen (secondary N) is 1. The zero-order valence-corrected chi connectivity index (χ0v) is 17.5. The molecule has 1 aliphatic heterocycles. The summed E-state index contributed by atoms with van der Waals surface area (Å²) in [6, 6.07) is 21.3. The van der Waals surface area contributed by atoms with Crippen molar-refractivity contribution in [2.45, 2.75) is 18.9 Å². The first-order valence-corrected chi connectivity index (χ1v) is 10.6. The molecule has 164 valence electrons. The Morgan fingerprint density at radius 3 is 2.34 bits per heavy atom. The Kier molecular flexibility index (Phi) is 6.59. The Hall–Kier alpha value is -3.54. The zero-order valence-electron chi connectivity index (χ0n) is 17.5. The Morgan fingerprint density at radius 1 is 0.875 bits per heavy atom. The van der Waals surface area contributed by atoms with E-state index in [1.54, 1.807) is 17.0 Å². The van der Waals surface area contributed by atoms with Crippen LogP contribution in [0.1, 0.15) is 33.8 Å². The summed E-state index contributed by atoms with van der Waals surface area (Å²) < 4.78 is 26.7. The van der Waals surface area contributed by atoms with Crippen molar-refractivity contribution in [3.63, 3.8) is 0 Å². The summed E-state index contributed by atoms with van der Waals surface area (Å²) in [6.07, 6.45) is 0.603. The minimum Gasteiger partial charge on any atom is -0.352 e. The molecule has 4 rings (SSSR count). The normalized spacial score (nSPS) is 18.2. The summed E-state index contributed by atoms with van der Waals surface area (Å²) in [6.45, 7) is 0.970. The predicted molar refractivity (Wildman–Crippen MR) is 118 cm³/mol. The molecule has 0 aliphatic carbocycles. The van der Waals surface area contributed by atoms with E-state index >= 15 is 0 Å². The molecule has 0 radical (unpaired) electrons. The largest absolute Gasteiger partial charge is 0.352 e.